The fraction of sp³-hybridized carbons (Fsp3) is 0.583. The van der Waals surface area contributed by atoms with Gasteiger partial charge in [-0.3, -0.25) is 9.59 Å². The van der Waals surface area contributed by atoms with Crippen molar-refractivity contribution in [2.45, 2.75) is 145 Å². The molecule has 8 heteroatoms. The summed E-state index contributed by atoms with van der Waals surface area (Å²) in [6, 6.07) is 15.2. The molecule has 0 bridgehead atoms. The van der Waals surface area contributed by atoms with Crippen molar-refractivity contribution in [3.05, 3.63) is 58.7 Å². The molecular weight excluding hydrogens is 701 g/mol. The summed E-state index contributed by atoms with van der Waals surface area (Å²) in [5.74, 6) is 2.26. The molecule has 56 heavy (non-hydrogen) atoms. The topological polar surface area (TPSA) is 119 Å². The van der Waals surface area contributed by atoms with Gasteiger partial charge in [0.05, 0.1) is 37.6 Å². The molecule has 0 N–H and O–H groups in total. The lowest BCUT2D eigenvalue weighted by Crippen LogP contribution is -2.21. The number of nitriles is 2. The van der Waals surface area contributed by atoms with Crippen molar-refractivity contribution in [2.24, 2.45) is 10.8 Å². The zero-order valence-electron chi connectivity index (χ0n) is 35.7. The normalized spacial score (nSPS) is 12.1. The van der Waals surface area contributed by atoms with Crippen molar-refractivity contribution in [1.29, 1.82) is 10.5 Å². The van der Waals surface area contributed by atoms with Gasteiger partial charge in [0.15, 0.2) is 34.6 Å². The number of rotatable bonds is 27. The monoisotopic (exact) mass is 769 g/mol. The fourth-order valence-corrected chi connectivity index (χ4v) is 6.13. The van der Waals surface area contributed by atoms with Crippen LogP contribution in [0.1, 0.15) is 156 Å². The average Bonchev–Trinajstić information content (AvgIpc) is 3.15. The van der Waals surface area contributed by atoms with E-state index in [1.54, 1.807) is 12.2 Å². The molecule has 0 aliphatic heterocycles. The van der Waals surface area contributed by atoms with Gasteiger partial charge < -0.3 is 18.9 Å². The fourth-order valence-electron chi connectivity index (χ4n) is 6.13. The summed E-state index contributed by atoms with van der Waals surface area (Å²) < 4.78 is 23.7. The first-order valence-electron chi connectivity index (χ1n) is 20.9. The van der Waals surface area contributed by atoms with Gasteiger partial charge in [0, 0.05) is 10.8 Å². The predicted molar refractivity (Wildman–Crippen MR) is 227 cm³/mol. The van der Waals surface area contributed by atoms with E-state index < -0.39 is 10.8 Å². The van der Waals surface area contributed by atoms with Crippen LogP contribution in [0, 0.1) is 33.5 Å². The Morgan fingerprint density at radius 2 is 0.804 bits per heavy atom. The van der Waals surface area contributed by atoms with E-state index in [9.17, 15) is 20.1 Å². The average molecular weight is 769 g/mol. The maximum absolute atomic E-state index is 12.6. The summed E-state index contributed by atoms with van der Waals surface area (Å²) in [5.41, 5.74) is 0.512. The van der Waals surface area contributed by atoms with E-state index in [1.165, 1.54) is 64.2 Å². The molecular formula is C48H68N2O6. The van der Waals surface area contributed by atoms with Crippen LogP contribution in [-0.2, 0) is 9.59 Å². The van der Waals surface area contributed by atoms with Crippen LogP contribution in [0.3, 0.4) is 0 Å². The Balaban J connectivity index is 1.55. The Labute approximate surface area is 338 Å². The third kappa shape index (κ3) is 17.9. The molecule has 2 aromatic rings. The first-order valence-corrected chi connectivity index (χ1v) is 20.9. The zero-order chi connectivity index (χ0) is 41.4. The van der Waals surface area contributed by atoms with Crippen LogP contribution in [0.5, 0.6) is 23.0 Å². The maximum atomic E-state index is 12.6. The molecule has 0 saturated heterocycles. The van der Waals surface area contributed by atoms with Gasteiger partial charge in [-0.2, -0.15) is 10.5 Å². The smallest absolute Gasteiger partial charge is 0.178 e. The molecule has 0 aliphatic rings. The van der Waals surface area contributed by atoms with Gasteiger partial charge in [-0.05, 0) is 74.2 Å². The van der Waals surface area contributed by atoms with Crippen molar-refractivity contribution < 1.29 is 28.5 Å². The molecule has 0 aromatic heterocycles. The Morgan fingerprint density at radius 1 is 0.500 bits per heavy atom. The maximum Gasteiger partial charge on any atom is 0.178 e. The summed E-state index contributed by atoms with van der Waals surface area (Å²) in [7, 11) is 0. The molecule has 2 rings (SSSR count). The lowest BCUT2D eigenvalue weighted by Gasteiger charge is -2.16. The molecule has 0 aliphatic carbocycles. The lowest BCUT2D eigenvalue weighted by atomic mass is 9.86. The summed E-state index contributed by atoms with van der Waals surface area (Å²) in [6.45, 7) is 17.0. The minimum absolute atomic E-state index is 0.136. The van der Waals surface area contributed by atoms with E-state index >= 15 is 0 Å². The molecule has 2 aromatic carbocycles. The molecule has 306 valence electrons. The summed E-state index contributed by atoms with van der Waals surface area (Å²) >= 11 is 0. The summed E-state index contributed by atoms with van der Waals surface area (Å²) in [5, 5.41) is 19.1. The minimum Gasteiger partial charge on any atom is -0.490 e. The highest BCUT2D eigenvalue weighted by Crippen LogP contribution is 2.32. The van der Waals surface area contributed by atoms with E-state index in [-0.39, 0.29) is 22.7 Å². The number of nitrogens with zero attached hydrogens (tertiary/aromatic N) is 2. The van der Waals surface area contributed by atoms with Crippen LogP contribution in [0.15, 0.2) is 47.5 Å². The van der Waals surface area contributed by atoms with Gasteiger partial charge >= 0.3 is 0 Å². The van der Waals surface area contributed by atoms with Crippen molar-refractivity contribution in [3.8, 4) is 35.1 Å². The van der Waals surface area contributed by atoms with Gasteiger partial charge in [0.1, 0.15) is 12.1 Å². The first kappa shape index (κ1) is 47.6. The molecule has 0 fully saturated rings. The second kappa shape index (κ2) is 25.6. The van der Waals surface area contributed by atoms with E-state index in [2.05, 4.69) is 0 Å². The Bertz CT molecular complexity index is 1540. The molecule has 0 heterocycles. The SMILES string of the molecule is CCOc1cc(C=C(C#N)C(=O)C(C)(C)C)ccc1OCCCCCCCCCCCCCCCCOc1ccc(C=C(C#N)C(=O)C(C)(C)C)cc1OCC. The number of carbonyl (C=O) groups excluding carboxylic acids is 2. The van der Waals surface area contributed by atoms with Crippen LogP contribution in [-0.4, -0.2) is 38.0 Å². The molecule has 0 atom stereocenters. The van der Waals surface area contributed by atoms with Gasteiger partial charge in [0.2, 0.25) is 0 Å². The number of hydrogen-bond acceptors (Lipinski definition) is 8. The van der Waals surface area contributed by atoms with Crippen LogP contribution >= 0.6 is 0 Å². The second-order valence-electron chi connectivity index (χ2n) is 16.4. The lowest BCUT2D eigenvalue weighted by molar-refractivity contribution is -0.122. The van der Waals surface area contributed by atoms with Crippen LogP contribution < -0.4 is 18.9 Å². The largest absolute Gasteiger partial charge is 0.490 e. The minimum atomic E-state index is -0.621. The van der Waals surface area contributed by atoms with E-state index in [0.717, 1.165) is 36.8 Å². The first-order chi connectivity index (χ1) is 26.7. The zero-order valence-corrected chi connectivity index (χ0v) is 35.7. The Morgan fingerprint density at radius 3 is 1.07 bits per heavy atom. The third-order valence-electron chi connectivity index (χ3n) is 9.30. The number of allylic oxidation sites excluding steroid dienone is 2. The summed E-state index contributed by atoms with van der Waals surface area (Å²) in [4.78, 5) is 25.2. The van der Waals surface area contributed by atoms with Gasteiger partial charge in [-0.15, -0.1) is 0 Å². The van der Waals surface area contributed by atoms with Crippen molar-refractivity contribution in [2.75, 3.05) is 26.4 Å². The van der Waals surface area contributed by atoms with Crippen molar-refractivity contribution in [1.82, 2.24) is 0 Å². The summed E-state index contributed by atoms with van der Waals surface area (Å²) in [6.07, 6.45) is 20.2. The van der Waals surface area contributed by atoms with Crippen LogP contribution in [0.25, 0.3) is 12.2 Å². The van der Waals surface area contributed by atoms with Crippen molar-refractivity contribution >= 4 is 23.7 Å². The standard InChI is InChI=1S/C48H68N2O6/c1-9-53-43-33-37(31-39(35-49)45(51)47(3,4)5)25-27-41(43)55-29-23-21-19-17-15-13-11-12-14-16-18-20-22-24-30-56-42-28-26-38(34-44(42)54-10-2)32-40(36-50)46(52)48(6,7)8/h25-28,31-34H,9-24,29-30H2,1-8H3. The second-order valence-corrected chi connectivity index (χ2v) is 16.4. The van der Waals surface area contributed by atoms with E-state index in [0.29, 0.717) is 49.4 Å². The molecule has 0 saturated carbocycles. The molecule has 0 spiro atoms. The van der Waals surface area contributed by atoms with Crippen molar-refractivity contribution in [3.63, 3.8) is 0 Å². The highest BCUT2D eigenvalue weighted by atomic mass is 16.5. The van der Waals surface area contributed by atoms with E-state index in [1.807, 2.05) is 104 Å². The molecule has 8 nitrogen and oxygen atoms in total. The number of Topliss-reactive ketones (excluding diaryl/α,β-unsaturated/α-hetero) is 2. The quantitative estimate of drug-likeness (QED) is 0.0500. The van der Waals surface area contributed by atoms with Gasteiger partial charge in [-0.1, -0.05) is 131 Å². The molecule has 0 radical (unpaired) electrons. The van der Waals surface area contributed by atoms with E-state index in [4.69, 9.17) is 18.9 Å². The van der Waals surface area contributed by atoms with Gasteiger partial charge in [-0.25, -0.2) is 0 Å². The molecule has 0 unspecified atom stereocenters. The number of carbonyl (C=O) groups is 2. The third-order valence-corrected chi connectivity index (χ3v) is 9.30. The number of ether oxygens (including phenoxy) is 4. The Hall–Kier alpha value is -4.56. The highest BCUT2D eigenvalue weighted by Gasteiger charge is 2.26. The van der Waals surface area contributed by atoms with Crippen LogP contribution in [0.2, 0.25) is 0 Å². The number of ketones is 2. The number of hydrogen-bond donors (Lipinski definition) is 0. The highest BCUT2D eigenvalue weighted by molar-refractivity contribution is 6.06. The van der Waals surface area contributed by atoms with Crippen LogP contribution in [0.4, 0.5) is 0 Å². The Kier molecular flexibility index (Phi) is 21.7. The van der Waals surface area contributed by atoms with Gasteiger partial charge in [0.25, 0.3) is 0 Å². The molecule has 0 amide bonds. The predicted octanol–water partition coefficient (Wildman–Crippen LogP) is 12.4. The number of benzene rings is 2. The number of unbranched alkanes of at least 4 members (excludes halogenated alkanes) is 13.